The average molecular weight is 276 g/mol. The summed E-state index contributed by atoms with van der Waals surface area (Å²) < 4.78 is 16.4. The number of aromatic nitrogens is 2. The van der Waals surface area contributed by atoms with Crippen LogP contribution in [-0.4, -0.2) is 20.2 Å². The van der Waals surface area contributed by atoms with Gasteiger partial charge in [0.2, 0.25) is 0 Å². The Morgan fingerprint density at radius 3 is 2.70 bits per heavy atom. The summed E-state index contributed by atoms with van der Waals surface area (Å²) in [6.07, 6.45) is 5.47. The number of benzene rings is 1. The van der Waals surface area contributed by atoms with Gasteiger partial charge in [0.15, 0.2) is 0 Å². The molecule has 2 rings (SSSR count). The number of carbonyl (C=O) groups is 1. The van der Waals surface area contributed by atoms with Crippen LogP contribution in [0, 0.1) is 5.82 Å². The molecule has 6 heteroatoms. The van der Waals surface area contributed by atoms with Gasteiger partial charge < -0.3 is 9.67 Å². The Bertz CT molecular complexity index is 728. The molecular weight excluding hydrogens is 263 g/mol. The number of carboxylic acid groups (broad SMARTS) is 1. The van der Waals surface area contributed by atoms with E-state index in [0.29, 0.717) is 11.1 Å². The largest absolute Gasteiger partial charge is 0.478 e. The first-order valence-electron chi connectivity index (χ1n) is 5.88. The fourth-order valence-electron chi connectivity index (χ4n) is 1.86. The molecule has 0 saturated carbocycles. The molecule has 1 aromatic carbocycles. The van der Waals surface area contributed by atoms with Gasteiger partial charge in [-0.25, -0.2) is 14.0 Å². The van der Waals surface area contributed by atoms with Gasteiger partial charge in [-0.15, -0.1) is 0 Å². The zero-order chi connectivity index (χ0) is 14.7. The fourth-order valence-corrected chi connectivity index (χ4v) is 1.86. The summed E-state index contributed by atoms with van der Waals surface area (Å²) in [6, 6.07) is 4.19. The highest BCUT2D eigenvalue weighted by molar-refractivity contribution is 5.85. The molecule has 0 aliphatic heterocycles. The summed E-state index contributed by atoms with van der Waals surface area (Å²) in [5.74, 6) is -1.58. The van der Waals surface area contributed by atoms with Crippen molar-refractivity contribution in [1.29, 1.82) is 0 Å². The van der Waals surface area contributed by atoms with E-state index >= 15 is 0 Å². The minimum atomic E-state index is -1.10. The number of hydrogen-bond acceptors (Lipinski definition) is 2. The monoisotopic (exact) mass is 276 g/mol. The van der Waals surface area contributed by atoms with E-state index in [4.69, 9.17) is 5.11 Å². The van der Waals surface area contributed by atoms with Crippen LogP contribution in [0.3, 0.4) is 0 Å². The maximum atomic E-state index is 13.5. The smallest absolute Gasteiger partial charge is 0.328 e. The van der Waals surface area contributed by atoms with Crippen molar-refractivity contribution < 1.29 is 14.3 Å². The van der Waals surface area contributed by atoms with Crippen LogP contribution in [0.2, 0.25) is 0 Å². The molecule has 0 radical (unpaired) electrons. The lowest BCUT2D eigenvalue weighted by Gasteiger charge is -2.04. The summed E-state index contributed by atoms with van der Waals surface area (Å²) in [7, 11) is 1.63. The van der Waals surface area contributed by atoms with Crippen LogP contribution >= 0.6 is 0 Å². The lowest BCUT2D eigenvalue weighted by Crippen LogP contribution is -2.22. The van der Waals surface area contributed by atoms with Gasteiger partial charge in [0, 0.05) is 25.5 Å². The first-order valence-corrected chi connectivity index (χ1v) is 5.88. The third-order valence-electron chi connectivity index (χ3n) is 2.77. The SMILES string of the molecule is Cn1ccn(Cc2cc(F)cc(/C=C/C(=O)O)c2)c1=O. The van der Waals surface area contributed by atoms with Crippen LogP contribution in [0.5, 0.6) is 0 Å². The van der Waals surface area contributed by atoms with Crippen molar-refractivity contribution in [3.63, 3.8) is 0 Å². The average Bonchev–Trinajstić information content (AvgIpc) is 2.68. The molecule has 0 aliphatic carbocycles. The van der Waals surface area contributed by atoms with Crippen LogP contribution < -0.4 is 5.69 Å². The molecule has 0 spiro atoms. The minimum Gasteiger partial charge on any atom is -0.478 e. The highest BCUT2D eigenvalue weighted by Crippen LogP contribution is 2.12. The predicted molar refractivity (Wildman–Crippen MR) is 71.8 cm³/mol. The number of aryl methyl sites for hydroxylation is 1. The van der Waals surface area contributed by atoms with E-state index in [-0.39, 0.29) is 12.2 Å². The van der Waals surface area contributed by atoms with E-state index in [2.05, 4.69) is 0 Å². The number of aliphatic carboxylic acids is 1. The van der Waals surface area contributed by atoms with Crippen molar-refractivity contribution in [2.24, 2.45) is 7.05 Å². The number of nitrogens with zero attached hydrogens (tertiary/aromatic N) is 2. The number of carboxylic acids is 1. The Balaban J connectivity index is 2.30. The lowest BCUT2D eigenvalue weighted by atomic mass is 10.1. The Morgan fingerprint density at radius 2 is 2.10 bits per heavy atom. The van der Waals surface area contributed by atoms with Crippen molar-refractivity contribution in [1.82, 2.24) is 9.13 Å². The molecule has 0 fully saturated rings. The summed E-state index contributed by atoms with van der Waals surface area (Å²) in [4.78, 5) is 22.2. The Kier molecular flexibility index (Phi) is 3.84. The zero-order valence-electron chi connectivity index (χ0n) is 10.8. The molecule has 5 nitrogen and oxygen atoms in total. The molecule has 1 heterocycles. The summed E-state index contributed by atoms with van der Waals surface area (Å²) >= 11 is 0. The first-order chi connectivity index (χ1) is 9.45. The number of rotatable bonds is 4. The Morgan fingerprint density at radius 1 is 1.35 bits per heavy atom. The van der Waals surface area contributed by atoms with Crippen LogP contribution in [-0.2, 0) is 18.4 Å². The van der Waals surface area contributed by atoms with E-state index in [1.54, 1.807) is 25.5 Å². The zero-order valence-corrected chi connectivity index (χ0v) is 10.8. The van der Waals surface area contributed by atoms with Crippen molar-refractivity contribution >= 4 is 12.0 Å². The molecule has 0 amide bonds. The van der Waals surface area contributed by atoms with Crippen molar-refractivity contribution in [3.05, 3.63) is 64.1 Å². The van der Waals surface area contributed by atoms with Gasteiger partial charge in [-0.3, -0.25) is 4.57 Å². The molecule has 0 aliphatic rings. The van der Waals surface area contributed by atoms with E-state index in [1.165, 1.54) is 27.3 Å². The second-order valence-electron chi connectivity index (χ2n) is 4.38. The van der Waals surface area contributed by atoms with Gasteiger partial charge in [-0.1, -0.05) is 0 Å². The topological polar surface area (TPSA) is 64.2 Å². The van der Waals surface area contributed by atoms with Crippen LogP contribution in [0.1, 0.15) is 11.1 Å². The van der Waals surface area contributed by atoms with E-state index in [1.807, 2.05) is 0 Å². The summed E-state index contributed by atoms with van der Waals surface area (Å²) in [6.45, 7) is 0.228. The first kappa shape index (κ1) is 13.8. The van der Waals surface area contributed by atoms with Gasteiger partial charge in [0.25, 0.3) is 0 Å². The second kappa shape index (κ2) is 5.56. The van der Waals surface area contributed by atoms with Gasteiger partial charge in [-0.05, 0) is 35.4 Å². The van der Waals surface area contributed by atoms with Gasteiger partial charge in [0.1, 0.15) is 5.82 Å². The molecule has 20 heavy (non-hydrogen) atoms. The number of imidazole rings is 1. The molecule has 0 bridgehead atoms. The summed E-state index contributed by atoms with van der Waals surface area (Å²) in [5, 5.41) is 8.56. The highest BCUT2D eigenvalue weighted by Gasteiger charge is 2.04. The summed E-state index contributed by atoms with van der Waals surface area (Å²) in [5.41, 5.74) is 0.826. The van der Waals surface area contributed by atoms with Crippen molar-refractivity contribution in [3.8, 4) is 0 Å². The normalized spacial score (nSPS) is 11.1. The van der Waals surface area contributed by atoms with Gasteiger partial charge in [0.05, 0.1) is 6.54 Å². The second-order valence-corrected chi connectivity index (χ2v) is 4.38. The maximum absolute atomic E-state index is 13.5. The van der Waals surface area contributed by atoms with Crippen molar-refractivity contribution in [2.75, 3.05) is 0 Å². The van der Waals surface area contributed by atoms with E-state index < -0.39 is 11.8 Å². The van der Waals surface area contributed by atoms with Crippen LogP contribution in [0.25, 0.3) is 6.08 Å². The Labute approximate surface area is 114 Å². The molecule has 0 atom stereocenters. The molecular formula is C14H13FN2O3. The van der Waals surface area contributed by atoms with E-state index in [9.17, 15) is 14.0 Å². The molecule has 2 aromatic rings. The lowest BCUT2D eigenvalue weighted by molar-refractivity contribution is -0.131. The molecule has 1 N–H and O–H groups in total. The standard InChI is InChI=1S/C14H13FN2O3/c1-16-4-5-17(14(16)20)9-11-6-10(2-3-13(18)19)7-12(15)8-11/h2-8H,9H2,1H3,(H,18,19)/b3-2+. The quantitative estimate of drug-likeness (QED) is 0.860. The van der Waals surface area contributed by atoms with E-state index in [0.717, 1.165) is 6.08 Å². The molecule has 0 unspecified atom stereocenters. The molecule has 0 saturated heterocycles. The minimum absolute atomic E-state index is 0.197. The number of halogens is 1. The van der Waals surface area contributed by atoms with Crippen molar-refractivity contribution in [2.45, 2.75) is 6.54 Å². The van der Waals surface area contributed by atoms with Gasteiger partial charge >= 0.3 is 11.7 Å². The number of hydrogen-bond donors (Lipinski definition) is 1. The predicted octanol–water partition coefficient (Wildman–Crippen LogP) is 1.47. The Hall–Kier alpha value is -2.63. The highest BCUT2D eigenvalue weighted by atomic mass is 19.1. The van der Waals surface area contributed by atoms with Crippen LogP contribution in [0.15, 0.2) is 41.5 Å². The fraction of sp³-hybridized carbons (Fsp3) is 0.143. The maximum Gasteiger partial charge on any atom is 0.328 e. The third-order valence-corrected chi connectivity index (χ3v) is 2.77. The van der Waals surface area contributed by atoms with Crippen LogP contribution in [0.4, 0.5) is 4.39 Å². The van der Waals surface area contributed by atoms with Gasteiger partial charge in [-0.2, -0.15) is 0 Å². The molecule has 1 aromatic heterocycles. The molecule has 104 valence electrons. The third kappa shape index (κ3) is 3.23.